The second-order valence-corrected chi connectivity index (χ2v) is 4.61. The van der Waals surface area contributed by atoms with E-state index in [4.69, 9.17) is 4.74 Å². The number of pyridine rings is 1. The van der Waals surface area contributed by atoms with Crippen molar-refractivity contribution >= 4 is 11.0 Å². The third-order valence-corrected chi connectivity index (χ3v) is 3.30. The van der Waals surface area contributed by atoms with Gasteiger partial charge in [0.15, 0.2) is 5.65 Å². The van der Waals surface area contributed by atoms with Gasteiger partial charge >= 0.3 is 0 Å². The van der Waals surface area contributed by atoms with Crippen molar-refractivity contribution in [3.05, 3.63) is 18.5 Å². The summed E-state index contributed by atoms with van der Waals surface area (Å²) in [5.41, 5.74) is 0.985. The molecule has 0 atom stereocenters. The lowest BCUT2D eigenvalue weighted by atomic mass is 9.93. The minimum atomic E-state index is 0.558. The minimum Gasteiger partial charge on any atom is -0.492 e. The molecule has 0 bridgehead atoms. The molecule has 0 N–H and O–H groups in total. The van der Waals surface area contributed by atoms with Crippen LogP contribution in [0.3, 0.4) is 0 Å². The van der Waals surface area contributed by atoms with E-state index < -0.39 is 0 Å². The van der Waals surface area contributed by atoms with E-state index in [1.165, 1.54) is 19.3 Å². The number of aromatic nitrogens is 3. The summed E-state index contributed by atoms with van der Waals surface area (Å²) in [6, 6.07) is 2.59. The van der Waals surface area contributed by atoms with Crippen molar-refractivity contribution in [3.63, 3.8) is 0 Å². The predicted molar refractivity (Wildman–Crippen MR) is 66.2 cm³/mol. The van der Waals surface area contributed by atoms with Crippen molar-refractivity contribution in [1.82, 2.24) is 14.8 Å². The first-order chi connectivity index (χ1) is 8.38. The molecule has 3 rings (SSSR count). The van der Waals surface area contributed by atoms with Crippen molar-refractivity contribution in [2.45, 2.75) is 38.6 Å². The van der Waals surface area contributed by atoms with Crippen LogP contribution in [0, 0.1) is 0 Å². The average molecular weight is 231 g/mol. The highest BCUT2D eigenvalue weighted by Gasteiger charge is 2.22. The van der Waals surface area contributed by atoms with Crippen LogP contribution in [0.1, 0.15) is 38.6 Å². The Bertz CT molecular complexity index is 516. The van der Waals surface area contributed by atoms with Crippen LogP contribution in [0.5, 0.6) is 5.75 Å². The van der Waals surface area contributed by atoms with Gasteiger partial charge in [-0.05, 0) is 31.7 Å². The van der Waals surface area contributed by atoms with Gasteiger partial charge in [-0.2, -0.15) is 5.10 Å². The molecule has 0 aliphatic heterocycles. The number of ether oxygens (including phenoxy) is 1. The molecule has 1 aliphatic rings. The Balaban J connectivity index is 1.90. The lowest BCUT2D eigenvalue weighted by Crippen LogP contribution is -2.18. The number of nitrogens with zero attached hydrogens (tertiary/aromatic N) is 3. The van der Waals surface area contributed by atoms with Crippen LogP contribution >= 0.6 is 0 Å². The van der Waals surface area contributed by atoms with E-state index in [0.717, 1.165) is 29.8 Å². The van der Waals surface area contributed by atoms with E-state index >= 15 is 0 Å². The van der Waals surface area contributed by atoms with Crippen LogP contribution in [0.15, 0.2) is 18.5 Å². The van der Waals surface area contributed by atoms with Gasteiger partial charge in [-0.15, -0.1) is 0 Å². The summed E-state index contributed by atoms with van der Waals surface area (Å²) in [7, 11) is 0. The van der Waals surface area contributed by atoms with Crippen LogP contribution in [0.25, 0.3) is 11.0 Å². The van der Waals surface area contributed by atoms with E-state index in [1.807, 2.05) is 12.3 Å². The molecule has 0 amide bonds. The third-order valence-electron chi connectivity index (χ3n) is 3.30. The molecule has 0 saturated heterocycles. The molecular weight excluding hydrogens is 214 g/mol. The monoisotopic (exact) mass is 231 g/mol. The summed E-state index contributed by atoms with van der Waals surface area (Å²) in [4.78, 5) is 4.47. The van der Waals surface area contributed by atoms with Gasteiger partial charge in [0, 0.05) is 5.39 Å². The highest BCUT2D eigenvalue weighted by molar-refractivity contribution is 5.75. The van der Waals surface area contributed by atoms with Crippen LogP contribution in [-0.4, -0.2) is 21.4 Å². The van der Waals surface area contributed by atoms with Crippen molar-refractivity contribution in [2.75, 3.05) is 6.61 Å². The quantitative estimate of drug-likeness (QED) is 0.812. The van der Waals surface area contributed by atoms with Crippen LogP contribution in [-0.2, 0) is 0 Å². The summed E-state index contributed by atoms with van der Waals surface area (Å²) >= 11 is 0. The van der Waals surface area contributed by atoms with Crippen molar-refractivity contribution in [3.8, 4) is 5.75 Å². The Labute approximate surface area is 101 Å². The number of fused-ring (bicyclic) bond motifs is 1. The van der Waals surface area contributed by atoms with Crippen molar-refractivity contribution < 1.29 is 4.74 Å². The molecule has 2 heterocycles. The zero-order chi connectivity index (χ0) is 11.7. The van der Waals surface area contributed by atoms with Gasteiger partial charge < -0.3 is 4.74 Å². The summed E-state index contributed by atoms with van der Waals surface area (Å²) in [6.07, 6.45) is 8.47. The van der Waals surface area contributed by atoms with Crippen molar-refractivity contribution in [1.29, 1.82) is 0 Å². The Morgan fingerprint density at radius 1 is 1.41 bits per heavy atom. The van der Waals surface area contributed by atoms with Gasteiger partial charge in [0.05, 0.1) is 25.0 Å². The maximum atomic E-state index is 5.57. The first-order valence-corrected chi connectivity index (χ1v) is 6.34. The molecule has 0 spiro atoms. The average Bonchev–Trinajstić information content (AvgIpc) is 2.68. The Kier molecular flexibility index (Phi) is 2.71. The fourth-order valence-corrected chi connectivity index (χ4v) is 2.12. The molecule has 1 fully saturated rings. The predicted octanol–water partition coefficient (Wildman–Crippen LogP) is 2.95. The van der Waals surface area contributed by atoms with E-state index in [9.17, 15) is 0 Å². The topological polar surface area (TPSA) is 39.9 Å². The highest BCUT2D eigenvalue weighted by atomic mass is 16.5. The summed E-state index contributed by atoms with van der Waals surface area (Å²) < 4.78 is 7.63. The maximum absolute atomic E-state index is 5.57. The van der Waals surface area contributed by atoms with Crippen LogP contribution in [0.4, 0.5) is 0 Å². The highest BCUT2D eigenvalue weighted by Crippen LogP contribution is 2.33. The zero-order valence-electron chi connectivity index (χ0n) is 10.1. The standard InChI is InChI=1S/C13H17N3O/c1-2-6-17-12-7-10-8-15-16(11-4-3-5-11)13(10)14-9-12/h7-9,11H,2-6H2,1H3. The first kappa shape index (κ1) is 10.6. The second kappa shape index (κ2) is 4.35. The molecule has 0 unspecified atom stereocenters. The van der Waals surface area contributed by atoms with Gasteiger partial charge in [-0.1, -0.05) is 6.92 Å². The molecule has 0 aromatic carbocycles. The molecule has 1 saturated carbocycles. The van der Waals surface area contributed by atoms with E-state index in [1.54, 1.807) is 6.20 Å². The normalized spacial score (nSPS) is 16.1. The lowest BCUT2D eigenvalue weighted by molar-refractivity contribution is 0.295. The van der Waals surface area contributed by atoms with Gasteiger partial charge in [-0.3, -0.25) is 0 Å². The zero-order valence-corrected chi connectivity index (χ0v) is 10.1. The van der Waals surface area contributed by atoms with Gasteiger partial charge in [0.25, 0.3) is 0 Å². The minimum absolute atomic E-state index is 0.558. The summed E-state index contributed by atoms with van der Waals surface area (Å²) in [5.74, 6) is 0.840. The molecule has 4 heteroatoms. The number of rotatable bonds is 4. The molecule has 1 aliphatic carbocycles. The molecule has 2 aromatic heterocycles. The molecule has 2 aromatic rings. The van der Waals surface area contributed by atoms with Crippen molar-refractivity contribution in [2.24, 2.45) is 0 Å². The van der Waals surface area contributed by atoms with Gasteiger partial charge in [0.2, 0.25) is 0 Å². The fraction of sp³-hybridized carbons (Fsp3) is 0.538. The van der Waals surface area contributed by atoms with E-state index in [0.29, 0.717) is 6.04 Å². The molecular formula is C13H17N3O. The molecule has 4 nitrogen and oxygen atoms in total. The smallest absolute Gasteiger partial charge is 0.158 e. The maximum Gasteiger partial charge on any atom is 0.158 e. The fourth-order valence-electron chi connectivity index (χ4n) is 2.12. The first-order valence-electron chi connectivity index (χ1n) is 6.34. The van der Waals surface area contributed by atoms with Crippen LogP contribution in [0.2, 0.25) is 0 Å². The molecule has 17 heavy (non-hydrogen) atoms. The number of hydrogen-bond donors (Lipinski definition) is 0. The molecule has 0 radical (unpaired) electrons. The summed E-state index contributed by atoms with van der Waals surface area (Å²) in [6.45, 7) is 2.84. The molecule has 90 valence electrons. The Hall–Kier alpha value is -1.58. The number of hydrogen-bond acceptors (Lipinski definition) is 3. The van der Waals surface area contributed by atoms with Crippen LogP contribution < -0.4 is 4.74 Å². The van der Waals surface area contributed by atoms with Gasteiger partial charge in [0.1, 0.15) is 5.75 Å². The second-order valence-electron chi connectivity index (χ2n) is 4.61. The third kappa shape index (κ3) is 1.88. The Morgan fingerprint density at radius 2 is 2.29 bits per heavy atom. The largest absolute Gasteiger partial charge is 0.492 e. The SMILES string of the molecule is CCCOc1cnc2c(cnn2C2CCC2)c1. The van der Waals surface area contributed by atoms with E-state index in [-0.39, 0.29) is 0 Å². The van der Waals surface area contributed by atoms with E-state index in [2.05, 4.69) is 21.7 Å². The lowest BCUT2D eigenvalue weighted by Gasteiger charge is -2.25. The Morgan fingerprint density at radius 3 is 3.00 bits per heavy atom. The van der Waals surface area contributed by atoms with Gasteiger partial charge in [-0.25, -0.2) is 9.67 Å². The summed E-state index contributed by atoms with van der Waals surface area (Å²) in [5, 5.41) is 5.51.